The first-order valence-electron chi connectivity index (χ1n) is 15.2. The topological polar surface area (TPSA) is 0 Å². The molecule has 196 valence electrons. The quantitative estimate of drug-likeness (QED) is 0.308. The van der Waals surface area contributed by atoms with Crippen molar-refractivity contribution in [2.24, 2.45) is 0 Å². The molecule has 0 fully saturated rings. The first-order chi connectivity index (χ1) is 18.5. The molecule has 0 amide bonds. The molecule has 0 aliphatic heterocycles. The van der Waals surface area contributed by atoms with Gasteiger partial charge >= 0.3 is 241 Å². The van der Waals surface area contributed by atoms with Crippen molar-refractivity contribution < 1.29 is 20.4 Å². The van der Waals surface area contributed by atoms with E-state index in [1.54, 1.807) is 22.3 Å². The Morgan fingerprint density at radius 3 is 1.42 bits per heavy atom. The van der Waals surface area contributed by atoms with Gasteiger partial charge in [0.2, 0.25) is 0 Å². The maximum atomic E-state index is 2.69. The van der Waals surface area contributed by atoms with Crippen LogP contribution >= 0.6 is 0 Å². The van der Waals surface area contributed by atoms with E-state index in [2.05, 4.69) is 87.6 Å². The van der Waals surface area contributed by atoms with Crippen molar-refractivity contribution in [1.82, 2.24) is 0 Å². The third-order valence-electron chi connectivity index (χ3n) is 9.73. The van der Waals surface area contributed by atoms with Gasteiger partial charge in [-0.2, -0.15) is 0 Å². The van der Waals surface area contributed by atoms with E-state index >= 15 is 0 Å². The summed E-state index contributed by atoms with van der Waals surface area (Å²) in [5.74, 6) is 1.29. The summed E-state index contributed by atoms with van der Waals surface area (Å²) in [5, 5.41) is 0. The van der Waals surface area contributed by atoms with Gasteiger partial charge in [-0.3, -0.25) is 0 Å². The summed E-state index contributed by atoms with van der Waals surface area (Å²) < 4.78 is 3.99. The van der Waals surface area contributed by atoms with E-state index in [9.17, 15) is 0 Å². The number of hydrogen-bond donors (Lipinski definition) is 0. The van der Waals surface area contributed by atoms with Crippen LogP contribution in [0.1, 0.15) is 101 Å². The Kier molecular flexibility index (Phi) is 8.11. The molecule has 2 heteroatoms. The molecule has 2 aromatic rings. The first kappa shape index (κ1) is 26.7. The summed E-state index contributed by atoms with van der Waals surface area (Å²) in [6.07, 6.45) is 13.4. The van der Waals surface area contributed by atoms with Crippen LogP contribution < -0.4 is 0 Å². The molecule has 0 spiro atoms. The molecule has 0 heterocycles. The molecule has 4 aliphatic carbocycles. The molecule has 38 heavy (non-hydrogen) atoms. The van der Waals surface area contributed by atoms with Crippen LogP contribution in [0.5, 0.6) is 0 Å². The van der Waals surface area contributed by atoms with Crippen molar-refractivity contribution in [2.75, 3.05) is 0 Å². The minimum absolute atomic E-state index is 0.376. The average molecular weight is 596 g/mol. The van der Waals surface area contributed by atoms with Gasteiger partial charge in [0.25, 0.3) is 0 Å². The van der Waals surface area contributed by atoms with Crippen molar-refractivity contribution in [3.63, 3.8) is 0 Å². The first-order valence-corrected chi connectivity index (χ1v) is 23.8. The summed E-state index contributed by atoms with van der Waals surface area (Å²) in [6, 6.07) is 23.0. The molecule has 2 aromatic carbocycles. The SMILES string of the molecule is CC1=[C]([Zr]([C]2=C(C)CC3=C2CCCCC3c2ccccc2)=[Si](C)C)C2=C(C1)C(c1ccccc1)CCCC2. The standard InChI is InChI=1S/2C17H19.C2H6Si.Zr/c2*1-13-11-15-9-5-6-10-16(17(15)12-13)14-7-3-2-4-8-14;1-3-2;/h2*2-4,7-8,16H,5-6,9-10,12H2,1H3;1-2H3;. The molecule has 0 saturated heterocycles. The molecule has 0 radical (unpaired) electrons. The van der Waals surface area contributed by atoms with E-state index in [4.69, 9.17) is 0 Å². The van der Waals surface area contributed by atoms with Gasteiger partial charge in [0.1, 0.15) is 0 Å². The number of benzene rings is 2. The molecule has 2 atom stereocenters. The van der Waals surface area contributed by atoms with Crippen LogP contribution in [-0.4, -0.2) is 5.43 Å². The fourth-order valence-electron chi connectivity index (χ4n) is 8.14. The monoisotopic (exact) mass is 594 g/mol. The number of hydrogen-bond acceptors (Lipinski definition) is 0. The Morgan fingerprint density at radius 1 is 0.605 bits per heavy atom. The van der Waals surface area contributed by atoms with Gasteiger partial charge in [-0.05, 0) is 0 Å². The zero-order valence-corrected chi connectivity index (χ0v) is 27.5. The minimum atomic E-state index is -2.04. The molecule has 4 aliphatic rings. The van der Waals surface area contributed by atoms with Gasteiger partial charge in [-0.1, -0.05) is 0 Å². The van der Waals surface area contributed by atoms with Crippen LogP contribution in [0.2, 0.25) is 13.1 Å². The summed E-state index contributed by atoms with van der Waals surface area (Å²) >= 11 is -2.04. The average Bonchev–Trinajstić information content (AvgIpc) is 3.21. The molecule has 0 aromatic heterocycles. The van der Waals surface area contributed by atoms with Crippen LogP contribution in [0.25, 0.3) is 0 Å². The molecule has 2 unspecified atom stereocenters. The Hall–Kier alpha value is -1.50. The van der Waals surface area contributed by atoms with E-state index in [1.165, 1.54) is 64.2 Å². The van der Waals surface area contributed by atoms with Crippen molar-refractivity contribution in [3.8, 4) is 0 Å². The third-order valence-corrected chi connectivity index (χ3v) is 27.1. The fraction of sp³-hybridized carbons (Fsp3) is 0.444. The Balaban J connectivity index is 1.45. The van der Waals surface area contributed by atoms with Crippen molar-refractivity contribution >= 4 is 5.43 Å². The molecule has 0 saturated carbocycles. The van der Waals surface area contributed by atoms with E-state index in [1.807, 2.05) is 28.9 Å². The second-order valence-electron chi connectivity index (χ2n) is 12.5. The van der Waals surface area contributed by atoms with Crippen LogP contribution in [0.15, 0.2) is 101 Å². The summed E-state index contributed by atoms with van der Waals surface area (Å²) in [5.41, 5.74) is 13.7. The van der Waals surface area contributed by atoms with E-state index in [0.717, 1.165) is 0 Å². The predicted molar refractivity (Wildman–Crippen MR) is 161 cm³/mol. The molecule has 6 rings (SSSR count). The number of rotatable bonds is 4. The molecule has 0 N–H and O–H groups in total. The summed E-state index contributed by atoms with van der Waals surface area (Å²) in [7, 11) is 0. The zero-order chi connectivity index (χ0) is 26.2. The van der Waals surface area contributed by atoms with Gasteiger partial charge in [-0.15, -0.1) is 0 Å². The molecular formula is C36H44SiZr. The van der Waals surface area contributed by atoms with Crippen LogP contribution in [0, 0.1) is 0 Å². The molecule has 0 nitrogen and oxygen atoms in total. The van der Waals surface area contributed by atoms with E-state index in [-0.39, 0.29) is 5.43 Å². The van der Waals surface area contributed by atoms with Gasteiger partial charge in [0.05, 0.1) is 0 Å². The summed E-state index contributed by atoms with van der Waals surface area (Å²) in [6.45, 7) is 10.5. The maximum absolute atomic E-state index is 2.69. The second kappa shape index (κ2) is 11.5. The van der Waals surface area contributed by atoms with Crippen LogP contribution in [0.4, 0.5) is 0 Å². The van der Waals surface area contributed by atoms with Gasteiger partial charge < -0.3 is 0 Å². The van der Waals surface area contributed by atoms with E-state index < -0.39 is 20.4 Å². The van der Waals surface area contributed by atoms with Crippen LogP contribution in [-0.2, 0) is 20.4 Å². The third kappa shape index (κ3) is 4.94. The zero-order valence-electron chi connectivity index (χ0n) is 24.0. The Bertz CT molecular complexity index is 1280. The van der Waals surface area contributed by atoms with Gasteiger partial charge in [0.15, 0.2) is 0 Å². The van der Waals surface area contributed by atoms with E-state index in [0.29, 0.717) is 11.8 Å². The van der Waals surface area contributed by atoms with Gasteiger partial charge in [0, 0.05) is 0 Å². The molecular weight excluding hydrogens is 552 g/mol. The van der Waals surface area contributed by atoms with Crippen molar-refractivity contribution in [1.29, 1.82) is 0 Å². The summed E-state index contributed by atoms with van der Waals surface area (Å²) in [4.78, 5) is 0. The van der Waals surface area contributed by atoms with Crippen molar-refractivity contribution in [3.05, 3.63) is 112 Å². The number of allylic oxidation sites excluding steroid dienone is 8. The van der Waals surface area contributed by atoms with Crippen LogP contribution in [0.3, 0.4) is 0 Å². The fourth-order valence-corrected chi connectivity index (χ4v) is 26.9. The second-order valence-corrected chi connectivity index (χ2v) is 29.1. The Labute approximate surface area is 239 Å². The van der Waals surface area contributed by atoms with Gasteiger partial charge in [-0.25, -0.2) is 0 Å². The normalized spacial score (nSPS) is 23.9. The Morgan fingerprint density at radius 2 is 1.03 bits per heavy atom. The molecule has 0 bridgehead atoms. The predicted octanol–water partition coefficient (Wildman–Crippen LogP) is 10.5. The van der Waals surface area contributed by atoms with Crippen molar-refractivity contribution in [2.45, 2.75) is 103 Å².